The SMILES string of the molecule is Cc1cc(Nc2cc(C(F)(F)F)ccn2)nc(-c2cnn(CCCN3CCNC3=O)c2)c1. The van der Waals surface area contributed by atoms with Gasteiger partial charge in [0.1, 0.15) is 11.6 Å². The number of aryl methyl sites for hydroxylation is 2. The van der Waals surface area contributed by atoms with Gasteiger partial charge >= 0.3 is 12.2 Å². The molecule has 0 aliphatic carbocycles. The van der Waals surface area contributed by atoms with Gasteiger partial charge in [-0.15, -0.1) is 0 Å². The van der Waals surface area contributed by atoms with Gasteiger partial charge in [0.15, 0.2) is 0 Å². The predicted molar refractivity (Wildman–Crippen MR) is 112 cm³/mol. The highest BCUT2D eigenvalue weighted by Gasteiger charge is 2.30. The molecule has 0 aromatic carbocycles. The molecule has 11 heteroatoms. The maximum Gasteiger partial charge on any atom is 0.416 e. The third kappa shape index (κ3) is 5.16. The summed E-state index contributed by atoms with van der Waals surface area (Å²) in [5, 5.41) is 9.98. The highest BCUT2D eigenvalue weighted by molar-refractivity contribution is 5.76. The molecule has 2 amide bonds. The van der Waals surface area contributed by atoms with Gasteiger partial charge in [-0.05, 0) is 43.2 Å². The molecule has 8 nitrogen and oxygen atoms in total. The van der Waals surface area contributed by atoms with Crippen LogP contribution < -0.4 is 10.6 Å². The normalized spacial score (nSPS) is 14.0. The van der Waals surface area contributed by atoms with Crippen molar-refractivity contribution in [3.63, 3.8) is 0 Å². The monoisotopic (exact) mass is 445 g/mol. The number of carbonyl (C=O) groups is 1. The van der Waals surface area contributed by atoms with E-state index in [4.69, 9.17) is 0 Å². The number of alkyl halides is 3. The number of halogens is 3. The van der Waals surface area contributed by atoms with Crippen LogP contribution in [-0.4, -0.2) is 50.3 Å². The van der Waals surface area contributed by atoms with Crippen LogP contribution in [0.15, 0.2) is 42.9 Å². The Morgan fingerprint density at radius 3 is 2.78 bits per heavy atom. The van der Waals surface area contributed by atoms with E-state index in [9.17, 15) is 18.0 Å². The van der Waals surface area contributed by atoms with E-state index in [0.29, 0.717) is 37.7 Å². The van der Waals surface area contributed by atoms with Crippen molar-refractivity contribution in [2.45, 2.75) is 26.1 Å². The first-order valence-corrected chi connectivity index (χ1v) is 10.1. The molecule has 2 N–H and O–H groups in total. The second kappa shape index (κ2) is 8.85. The van der Waals surface area contributed by atoms with Gasteiger partial charge in [0, 0.05) is 44.1 Å². The van der Waals surface area contributed by atoms with Crippen molar-refractivity contribution in [3.05, 3.63) is 54.0 Å². The number of urea groups is 1. The van der Waals surface area contributed by atoms with Crippen molar-refractivity contribution >= 4 is 17.7 Å². The van der Waals surface area contributed by atoms with Crippen LogP contribution in [0.1, 0.15) is 17.5 Å². The van der Waals surface area contributed by atoms with Gasteiger partial charge in [-0.1, -0.05) is 0 Å². The molecule has 4 heterocycles. The van der Waals surface area contributed by atoms with Crippen LogP contribution in [0.3, 0.4) is 0 Å². The number of anilines is 2. The smallest absolute Gasteiger partial charge is 0.336 e. The summed E-state index contributed by atoms with van der Waals surface area (Å²) in [6, 6.07) is 5.44. The maximum atomic E-state index is 13.0. The zero-order chi connectivity index (χ0) is 22.7. The lowest BCUT2D eigenvalue weighted by atomic mass is 10.1. The molecule has 1 saturated heterocycles. The Morgan fingerprint density at radius 1 is 1.19 bits per heavy atom. The molecule has 0 spiro atoms. The van der Waals surface area contributed by atoms with E-state index in [-0.39, 0.29) is 11.8 Å². The van der Waals surface area contributed by atoms with Crippen LogP contribution in [0.25, 0.3) is 11.3 Å². The van der Waals surface area contributed by atoms with Gasteiger partial charge in [0.2, 0.25) is 0 Å². The average Bonchev–Trinajstić information content (AvgIpc) is 3.37. The Labute approximate surface area is 182 Å². The standard InChI is InChI=1S/C21H22F3N7O/c1-14-9-17(15-12-27-31(13-15)7-2-6-30-8-5-26-20(30)32)28-19(10-14)29-18-11-16(3-4-25-18)21(22,23)24/h3-4,9-13H,2,5-8H2,1H3,(H,26,32)(H,25,28,29). The largest absolute Gasteiger partial charge is 0.416 e. The van der Waals surface area contributed by atoms with Crippen LogP contribution >= 0.6 is 0 Å². The lowest BCUT2D eigenvalue weighted by molar-refractivity contribution is -0.137. The molecule has 1 fully saturated rings. The summed E-state index contributed by atoms with van der Waals surface area (Å²) in [5.41, 5.74) is 1.53. The van der Waals surface area contributed by atoms with Gasteiger partial charge in [0.25, 0.3) is 0 Å². The summed E-state index contributed by atoms with van der Waals surface area (Å²) >= 11 is 0. The third-order valence-electron chi connectivity index (χ3n) is 5.00. The van der Waals surface area contributed by atoms with Crippen molar-refractivity contribution in [2.24, 2.45) is 0 Å². The van der Waals surface area contributed by atoms with E-state index in [2.05, 4.69) is 25.7 Å². The van der Waals surface area contributed by atoms with Crippen LogP contribution in [-0.2, 0) is 12.7 Å². The molecular weight excluding hydrogens is 423 g/mol. The number of amides is 2. The van der Waals surface area contributed by atoms with E-state index in [0.717, 1.165) is 35.9 Å². The van der Waals surface area contributed by atoms with Crippen LogP contribution in [0.2, 0.25) is 0 Å². The third-order valence-corrected chi connectivity index (χ3v) is 5.00. The number of aromatic nitrogens is 4. The number of nitrogens with zero attached hydrogens (tertiary/aromatic N) is 5. The number of pyridine rings is 2. The molecule has 4 rings (SSSR count). The van der Waals surface area contributed by atoms with Gasteiger partial charge in [-0.2, -0.15) is 18.3 Å². The van der Waals surface area contributed by atoms with Crippen molar-refractivity contribution in [1.82, 2.24) is 30.0 Å². The quantitative estimate of drug-likeness (QED) is 0.577. The Kier molecular flexibility index (Phi) is 5.97. The molecule has 0 radical (unpaired) electrons. The van der Waals surface area contributed by atoms with E-state index in [1.165, 1.54) is 0 Å². The molecule has 1 aliphatic heterocycles. The lowest BCUT2D eigenvalue weighted by Crippen LogP contribution is -2.29. The molecule has 0 bridgehead atoms. The fourth-order valence-corrected chi connectivity index (χ4v) is 3.45. The molecule has 32 heavy (non-hydrogen) atoms. The minimum atomic E-state index is -4.45. The number of nitrogens with one attached hydrogen (secondary N) is 2. The van der Waals surface area contributed by atoms with Crippen LogP contribution in [0.5, 0.6) is 0 Å². The maximum absolute atomic E-state index is 13.0. The summed E-state index contributed by atoms with van der Waals surface area (Å²) in [4.78, 5) is 21.8. The summed E-state index contributed by atoms with van der Waals surface area (Å²) in [6.07, 6.45) is 0.980. The second-order valence-corrected chi connectivity index (χ2v) is 7.53. The first-order chi connectivity index (χ1) is 15.3. The molecule has 3 aromatic heterocycles. The predicted octanol–water partition coefficient (Wildman–Crippen LogP) is 3.83. The van der Waals surface area contributed by atoms with E-state index in [1.807, 2.05) is 19.2 Å². The topological polar surface area (TPSA) is 88.0 Å². The lowest BCUT2D eigenvalue weighted by Gasteiger charge is -2.13. The molecule has 168 valence electrons. The summed E-state index contributed by atoms with van der Waals surface area (Å²) in [7, 11) is 0. The molecule has 0 unspecified atom stereocenters. The summed E-state index contributed by atoms with van der Waals surface area (Å²) < 4.78 is 40.6. The van der Waals surface area contributed by atoms with E-state index in [1.54, 1.807) is 21.8 Å². The first kappa shape index (κ1) is 21.6. The minimum Gasteiger partial charge on any atom is -0.336 e. The summed E-state index contributed by atoms with van der Waals surface area (Å²) in [6.45, 7) is 4.57. The number of hydrogen-bond acceptors (Lipinski definition) is 5. The van der Waals surface area contributed by atoms with Gasteiger partial charge in [-0.3, -0.25) is 4.68 Å². The van der Waals surface area contributed by atoms with Gasteiger partial charge in [0.05, 0.1) is 17.5 Å². The number of carbonyl (C=O) groups excluding carboxylic acids is 1. The van der Waals surface area contributed by atoms with Gasteiger partial charge in [-0.25, -0.2) is 14.8 Å². The Balaban J connectivity index is 1.44. The molecule has 0 saturated carbocycles. The zero-order valence-electron chi connectivity index (χ0n) is 17.4. The molecule has 0 atom stereocenters. The Hall–Kier alpha value is -3.63. The zero-order valence-corrected chi connectivity index (χ0v) is 17.4. The first-order valence-electron chi connectivity index (χ1n) is 10.1. The van der Waals surface area contributed by atoms with Crippen LogP contribution in [0.4, 0.5) is 29.6 Å². The Bertz CT molecular complexity index is 1110. The molecular formula is C21H22F3N7O. The second-order valence-electron chi connectivity index (χ2n) is 7.53. The minimum absolute atomic E-state index is 0.0367. The highest BCUT2D eigenvalue weighted by atomic mass is 19.4. The number of rotatable bonds is 7. The van der Waals surface area contributed by atoms with Gasteiger partial charge < -0.3 is 15.5 Å². The Morgan fingerprint density at radius 2 is 2.03 bits per heavy atom. The van der Waals surface area contributed by atoms with Crippen LogP contribution in [0, 0.1) is 6.92 Å². The van der Waals surface area contributed by atoms with Crippen molar-refractivity contribution in [2.75, 3.05) is 25.0 Å². The summed E-state index contributed by atoms with van der Waals surface area (Å²) in [5.74, 6) is 0.449. The fraction of sp³-hybridized carbons (Fsp3) is 0.333. The van der Waals surface area contributed by atoms with Crippen molar-refractivity contribution in [3.8, 4) is 11.3 Å². The van der Waals surface area contributed by atoms with E-state index < -0.39 is 11.7 Å². The van der Waals surface area contributed by atoms with Crippen molar-refractivity contribution < 1.29 is 18.0 Å². The molecule has 3 aromatic rings. The molecule has 1 aliphatic rings. The number of hydrogen-bond donors (Lipinski definition) is 2. The van der Waals surface area contributed by atoms with Crippen molar-refractivity contribution in [1.29, 1.82) is 0 Å². The fourth-order valence-electron chi connectivity index (χ4n) is 3.45. The highest BCUT2D eigenvalue weighted by Crippen LogP contribution is 2.30. The van der Waals surface area contributed by atoms with E-state index >= 15 is 0 Å². The average molecular weight is 445 g/mol.